The third-order valence-corrected chi connectivity index (χ3v) is 5.07. The first kappa shape index (κ1) is 21.8. The second-order valence-electron chi connectivity index (χ2n) is 7.02. The normalized spacial score (nSPS) is 17.6. The lowest BCUT2D eigenvalue weighted by Gasteiger charge is -2.31. The highest BCUT2D eigenvalue weighted by Gasteiger charge is 2.38. The van der Waals surface area contributed by atoms with Crippen molar-refractivity contribution in [1.29, 1.82) is 0 Å². The number of ether oxygens (including phenoxy) is 1. The zero-order valence-corrected chi connectivity index (χ0v) is 16.9. The van der Waals surface area contributed by atoms with E-state index in [1.54, 1.807) is 12.1 Å². The highest BCUT2D eigenvalue weighted by atomic mass is 16.5. The topological polar surface area (TPSA) is 128 Å². The van der Waals surface area contributed by atoms with Crippen LogP contribution in [0.15, 0.2) is 54.6 Å². The number of carboxylic acids is 1. The van der Waals surface area contributed by atoms with Crippen molar-refractivity contribution in [3.05, 3.63) is 65.7 Å². The smallest absolute Gasteiger partial charge is 0.337 e. The highest BCUT2D eigenvalue weighted by Crippen LogP contribution is 2.35. The fourth-order valence-corrected chi connectivity index (χ4v) is 3.66. The van der Waals surface area contributed by atoms with Crippen molar-refractivity contribution >= 4 is 29.6 Å². The first-order valence-corrected chi connectivity index (χ1v) is 9.71. The van der Waals surface area contributed by atoms with Crippen molar-refractivity contribution in [2.45, 2.75) is 24.9 Å². The Labute approximate surface area is 179 Å². The molecule has 0 bridgehead atoms. The molecule has 0 radical (unpaired) electrons. The molecule has 0 spiro atoms. The fraction of sp³-hybridized carbons (Fsp3) is 0.273. The van der Waals surface area contributed by atoms with Gasteiger partial charge < -0.3 is 30.2 Å². The van der Waals surface area contributed by atoms with E-state index in [4.69, 9.17) is 0 Å². The Balaban J connectivity index is 1.64. The van der Waals surface area contributed by atoms with Gasteiger partial charge in [-0.25, -0.2) is 9.59 Å². The minimum absolute atomic E-state index is 0.260. The number of hydrogen-bond donors (Lipinski definition) is 2. The third-order valence-electron chi connectivity index (χ3n) is 5.07. The molecule has 1 heterocycles. The van der Waals surface area contributed by atoms with Gasteiger partial charge in [0.15, 0.2) is 0 Å². The molecule has 2 N–H and O–H groups in total. The fourth-order valence-electron chi connectivity index (χ4n) is 3.66. The quantitative estimate of drug-likeness (QED) is 0.668. The molecule has 0 aliphatic carbocycles. The summed E-state index contributed by atoms with van der Waals surface area (Å²) >= 11 is 0. The zero-order valence-electron chi connectivity index (χ0n) is 16.9. The molecule has 162 valence electrons. The monoisotopic (exact) mass is 424 g/mol. The average Bonchev–Trinajstić information content (AvgIpc) is 3.23. The van der Waals surface area contributed by atoms with Crippen LogP contribution in [0.25, 0.3) is 0 Å². The Morgan fingerprint density at radius 2 is 1.81 bits per heavy atom. The van der Waals surface area contributed by atoms with Crippen LogP contribution in [0.2, 0.25) is 0 Å². The lowest BCUT2D eigenvalue weighted by molar-refractivity contribution is -0.310. The number of carbonyl (C=O) groups is 4. The predicted molar refractivity (Wildman–Crippen MR) is 109 cm³/mol. The molecular formula is C22H22N3O6-. The molecule has 9 nitrogen and oxygen atoms in total. The van der Waals surface area contributed by atoms with Crippen LogP contribution in [0.4, 0.5) is 10.5 Å². The lowest BCUT2D eigenvalue weighted by atomic mass is 10.0. The minimum atomic E-state index is -1.32. The van der Waals surface area contributed by atoms with Crippen LogP contribution in [0.3, 0.4) is 0 Å². The number of urea groups is 1. The summed E-state index contributed by atoms with van der Waals surface area (Å²) in [5.74, 6) is -2.40. The third kappa shape index (κ3) is 5.19. The van der Waals surface area contributed by atoms with Gasteiger partial charge in [-0.05, 0) is 36.6 Å². The van der Waals surface area contributed by atoms with Crippen LogP contribution in [-0.4, -0.2) is 48.5 Å². The summed E-state index contributed by atoms with van der Waals surface area (Å²) in [6.07, 6.45) is 0.765. The van der Waals surface area contributed by atoms with Gasteiger partial charge in [0.25, 0.3) is 0 Å². The number of esters is 1. The van der Waals surface area contributed by atoms with E-state index in [1.807, 2.05) is 30.3 Å². The molecule has 3 amide bonds. The maximum Gasteiger partial charge on any atom is 0.337 e. The summed E-state index contributed by atoms with van der Waals surface area (Å²) in [4.78, 5) is 49.4. The van der Waals surface area contributed by atoms with Crippen molar-refractivity contribution in [3.63, 3.8) is 0 Å². The summed E-state index contributed by atoms with van der Waals surface area (Å²) in [7, 11) is 1.25. The van der Waals surface area contributed by atoms with Gasteiger partial charge in [0, 0.05) is 5.69 Å². The number of carbonyl (C=O) groups excluding carboxylic acids is 4. The van der Waals surface area contributed by atoms with E-state index in [9.17, 15) is 24.3 Å². The van der Waals surface area contributed by atoms with E-state index in [0.717, 1.165) is 5.56 Å². The molecule has 2 atom stereocenters. The molecule has 1 saturated heterocycles. The van der Waals surface area contributed by atoms with E-state index in [-0.39, 0.29) is 12.0 Å². The number of anilines is 1. The summed E-state index contributed by atoms with van der Waals surface area (Å²) in [5, 5.41) is 16.5. The average molecular weight is 424 g/mol. The van der Waals surface area contributed by atoms with Gasteiger partial charge in [-0.1, -0.05) is 36.4 Å². The molecule has 2 aromatic carbocycles. The van der Waals surface area contributed by atoms with Crippen molar-refractivity contribution in [1.82, 2.24) is 10.2 Å². The molecule has 1 aliphatic rings. The van der Waals surface area contributed by atoms with Gasteiger partial charge >= 0.3 is 12.0 Å². The summed E-state index contributed by atoms with van der Waals surface area (Å²) in [6, 6.07) is 13.1. The number of likely N-dealkylation sites (tertiary alicyclic amines) is 1. The molecule has 0 aromatic heterocycles. The summed E-state index contributed by atoms with van der Waals surface area (Å²) in [6.45, 7) is -0.393. The van der Waals surface area contributed by atoms with Crippen LogP contribution in [0.1, 0.15) is 34.8 Å². The summed E-state index contributed by atoms with van der Waals surface area (Å²) in [5.41, 5.74) is 1.42. The number of carboxylic acid groups (broad SMARTS) is 1. The van der Waals surface area contributed by atoms with Gasteiger partial charge in [-0.15, -0.1) is 0 Å². The van der Waals surface area contributed by atoms with Gasteiger partial charge in [-0.2, -0.15) is 0 Å². The number of nitrogens with zero attached hydrogens (tertiary/aromatic N) is 1. The van der Waals surface area contributed by atoms with Gasteiger partial charge in [0.05, 0.1) is 37.3 Å². The Hall–Kier alpha value is -3.88. The van der Waals surface area contributed by atoms with Crippen LogP contribution in [-0.2, 0) is 14.3 Å². The number of hydrogen-bond acceptors (Lipinski definition) is 6. The van der Waals surface area contributed by atoms with E-state index in [1.165, 1.54) is 24.1 Å². The standard InChI is InChI=1S/C22H23N3O6/c1-31-21(29)15-8-5-9-16(12-15)24-22(30)23-13-19(26)25-17(10-11-18(25)20(27)28)14-6-3-2-4-7-14/h2-9,12,17-18H,10-11,13H2,1H3,(H,27,28)(H2,23,24,30)/p-1. The Bertz CT molecular complexity index is 978. The molecule has 9 heteroatoms. The number of rotatable bonds is 6. The minimum Gasteiger partial charge on any atom is -0.548 e. The Kier molecular flexibility index (Phi) is 6.86. The second-order valence-corrected chi connectivity index (χ2v) is 7.02. The Morgan fingerprint density at radius 1 is 1.06 bits per heavy atom. The molecule has 31 heavy (non-hydrogen) atoms. The van der Waals surface area contributed by atoms with Gasteiger partial charge in [-0.3, -0.25) is 4.79 Å². The van der Waals surface area contributed by atoms with Crippen molar-refractivity contribution in [2.24, 2.45) is 0 Å². The SMILES string of the molecule is COC(=O)c1cccc(NC(=O)NCC(=O)N2C(C(=O)[O-])CCC2c2ccccc2)c1. The van der Waals surface area contributed by atoms with Crippen LogP contribution < -0.4 is 15.7 Å². The molecular weight excluding hydrogens is 402 g/mol. The maximum atomic E-state index is 12.8. The Morgan fingerprint density at radius 3 is 2.48 bits per heavy atom. The lowest BCUT2D eigenvalue weighted by Crippen LogP contribution is -2.50. The molecule has 1 aliphatic heterocycles. The number of benzene rings is 2. The second kappa shape index (κ2) is 9.75. The molecule has 3 rings (SSSR count). The first-order valence-electron chi connectivity index (χ1n) is 9.71. The highest BCUT2D eigenvalue weighted by molar-refractivity contribution is 5.95. The van der Waals surface area contributed by atoms with Crippen LogP contribution in [0, 0.1) is 0 Å². The zero-order chi connectivity index (χ0) is 22.4. The van der Waals surface area contributed by atoms with Crippen molar-refractivity contribution in [2.75, 3.05) is 19.0 Å². The molecule has 0 saturated carbocycles. The number of amides is 3. The van der Waals surface area contributed by atoms with Crippen LogP contribution in [0.5, 0.6) is 0 Å². The van der Waals surface area contributed by atoms with E-state index in [0.29, 0.717) is 12.1 Å². The van der Waals surface area contributed by atoms with E-state index < -0.39 is 42.5 Å². The number of aliphatic carboxylic acids is 1. The van der Waals surface area contributed by atoms with E-state index >= 15 is 0 Å². The maximum absolute atomic E-state index is 12.8. The molecule has 1 fully saturated rings. The van der Waals surface area contributed by atoms with E-state index in [2.05, 4.69) is 15.4 Å². The number of nitrogens with one attached hydrogen (secondary N) is 2. The number of methoxy groups -OCH3 is 1. The molecule has 2 unspecified atom stereocenters. The first-order chi connectivity index (χ1) is 14.9. The summed E-state index contributed by atoms with van der Waals surface area (Å²) < 4.78 is 4.64. The predicted octanol–water partition coefficient (Wildman–Crippen LogP) is 1.08. The van der Waals surface area contributed by atoms with Crippen LogP contribution >= 0.6 is 0 Å². The molecule has 2 aromatic rings. The van der Waals surface area contributed by atoms with Crippen molar-refractivity contribution in [3.8, 4) is 0 Å². The van der Waals surface area contributed by atoms with Gasteiger partial charge in [0.1, 0.15) is 0 Å². The largest absolute Gasteiger partial charge is 0.548 e. The van der Waals surface area contributed by atoms with Crippen molar-refractivity contribution < 1.29 is 29.0 Å². The van der Waals surface area contributed by atoms with Gasteiger partial charge in [0.2, 0.25) is 5.91 Å².